The van der Waals surface area contributed by atoms with Gasteiger partial charge in [0.25, 0.3) is 5.91 Å². The molecular formula is C20H21BrClNO2. The van der Waals surface area contributed by atoms with Gasteiger partial charge in [-0.1, -0.05) is 45.7 Å². The number of nitrogens with zero attached hydrogens (tertiary/aromatic N) is 1. The molecule has 0 N–H and O–H groups in total. The number of ether oxygens (including phenoxy) is 1. The molecule has 0 bridgehead atoms. The minimum Gasteiger partial charge on any atom is -0.376 e. The average Bonchev–Trinajstić information content (AvgIpc) is 2.63. The van der Waals surface area contributed by atoms with Gasteiger partial charge in [-0.25, -0.2) is 0 Å². The third kappa shape index (κ3) is 5.30. The molecule has 0 aliphatic carbocycles. The molecule has 1 fully saturated rings. The molecule has 3 rings (SSSR count). The van der Waals surface area contributed by atoms with Gasteiger partial charge in [0.15, 0.2) is 0 Å². The number of hydrogen-bond donors (Lipinski definition) is 0. The summed E-state index contributed by atoms with van der Waals surface area (Å²) in [6.45, 7) is 2.93. The molecule has 0 radical (unpaired) electrons. The predicted molar refractivity (Wildman–Crippen MR) is 104 cm³/mol. The van der Waals surface area contributed by atoms with E-state index in [0.29, 0.717) is 12.5 Å². The Morgan fingerprint density at radius 2 is 1.88 bits per heavy atom. The third-order valence-corrected chi connectivity index (χ3v) is 5.25. The van der Waals surface area contributed by atoms with Gasteiger partial charge in [0, 0.05) is 34.8 Å². The molecule has 2 aromatic rings. The zero-order chi connectivity index (χ0) is 17.6. The van der Waals surface area contributed by atoms with Crippen molar-refractivity contribution in [3.63, 3.8) is 0 Å². The molecule has 0 unspecified atom stereocenters. The van der Waals surface area contributed by atoms with Crippen molar-refractivity contribution in [2.75, 3.05) is 19.7 Å². The number of halogens is 2. The lowest BCUT2D eigenvalue weighted by molar-refractivity contribution is 0.0478. The second kappa shape index (κ2) is 8.84. The molecule has 0 atom stereocenters. The van der Waals surface area contributed by atoms with Crippen molar-refractivity contribution >= 4 is 33.4 Å². The maximum absolute atomic E-state index is 12.5. The van der Waals surface area contributed by atoms with Crippen molar-refractivity contribution in [1.29, 1.82) is 0 Å². The maximum atomic E-state index is 12.5. The van der Waals surface area contributed by atoms with E-state index >= 15 is 0 Å². The number of hydrogen-bond acceptors (Lipinski definition) is 2. The normalized spacial score (nSPS) is 15.4. The van der Waals surface area contributed by atoms with Crippen LogP contribution < -0.4 is 0 Å². The number of carbonyl (C=O) groups is 1. The van der Waals surface area contributed by atoms with E-state index in [4.69, 9.17) is 16.3 Å². The van der Waals surface area contributed by atoms with Gasteiger partial charge in [0.05, 0.1) is 6.61 Å². The summed E-state index contributed by atoms with van der Waals surface area (Å²) in [7, 11) is 0. The highest BCUT2D eigenvalue weighted by Gasteiger charge is 2.23. The van der Waals surface area contributed by atoms with Crippen molar-refractivity contribution < 1.29 is 9.53 Å². The Morgan fingerprint density at radius 3 is 2.56 bits per heavy atom. The average molecular weight is 423 g/mol. The number of benzene rings is 2. The van der Waals surface area contributed by atoms with Gasteiger partial charge in [-0.15, -0.1) is 0 Å². The fourth-order valence-corrected chi connectivity index (χ4v) is 3.56. The van der Waals surface area contributed by atoms with Crippen LogP contribution in [0.3, 0.4) is 0 Å². The van der Waals surface area contributed by atoms with Gasteiger partial charge in [0.1, 0.15) is 0 Å². The Labute approximate surface area is 162 Å². The topological polar surface area (TPSA) is 29.5 Å². The summed E-state index contributed by atoms with van der Waals surface area (Å²) in [5, 5.41) is 0.742. The number of carbonyl (C=O) groups excluding carboxylic acids is 1. The van der Waals surface area contributed by atoms with E-state index < -0.39 is 0 Å². The molecule has 0 spiro atoms. The van der Waals surface area contributed by atoms with Crippen LogP contribution in [0.2, 0.25) is 5.02 Å². The van der Waals surface area contributed by atoms with E-state index in [1.807, 2.05) is 53.4 Å². The zero-order valence-corrected chi connectivity index (χ0v) is 16.3. The molecule has 5 heteroatoms. The highest BCUT2D eigenvalue weighted by Crippen LogP contribution is 2.21. The molecule has 1 heterocycles. The van der Waals surface area contributed by atoms with E-state index in [-0.39, 0.29) is 5.91 Å². The summed E-state index contributed by atoms with van der Waals surface area (Å²) < 4.78 is 6.78. The standard InChI is InChI=1S/C20H21BrClNO2/c21-18-3-1-2-17(12-18)20(24)23-10-8-16(9-11-23)14-25-13-15-4-6-19(22)7-5-15/h1-7,12,16H,8-11,13-14H2. The highest BCUT2D eigenvalue weighted by atomic mass is 79.9. The zero-order valence-electron chi connectivity index (χ0n) is 14.0. The minimum absolute atomic E-state index is 0.113. The number of rotatable bonds is 5. The summed E-state index contributed by atoms with van der Waals surface area (Å²) in [6.07, 6.45) is 1.97. The molecule has 25 heavy (non-hydrogen) atoms. The molecule has 1 aliphatic rings. The fraction of sp³-hybridized carbons (Fsp3) is 0.350. The molecule has 2 aromatic carbocycles. The SMILES string of the molecule is O=C(c1cccc(Br)c1)N1CCC(COCc2ccc(Cl)cc2)CC1. The third-order valence-electron chi connectivity index (χ3n) is 4.51. The Kier molecular flexibility index (Phi) is 6.51. The molecule has 1 saturated heterocycles. The first-order valence-electron chi connectivity index (χ1n) is 8.49. The quantitative estimate of drug-likeness (QED) is 0.665. The Balaban J connectivity index is 1.42. The highest BCUT2D eigenvalue weighted by molar-refractivity contribution is 9.10. The van der Waals surface area contributed by atoms with Crippen LogP contribution in [0.1, 0.15) is 28.8 Å². The first kappa shape index (κ1) is 18.4. The van der Waals surface area contributed by atoms with Gasteiger partial charge >= 0.3 is 0 Å². The van der Waals surface area contributed by atoms with Crippen LogP contribution in [0.5, 0.6) is 0 Å². The van der Waals surface area contributed by atoms with Crippen LogP contribution in [0.4, 0.5) is 0 Å². The lowest BCUT2D eigenvalue weighted by Gasteiger charge is -2.32. The van der Waals surface area contributed by atoms with Crippen molar-refractivity contribution in [1.82, 2.24) is 4.90 Å². The second-order valence-corrected chi connectivity index (χ2v) is 7.74. The summed E-state index contributed by atoms with van der Waals surface area (Å²) >= 11 is 9.30. The largest absolute Gasteiger partial charge is 0.376 e. The Hall–Kier alpha value is -1.36. The van der Waals surface area contributed by atoms with Crippen molar-refractivity contribution in [2.24, 2.45) is 5.92 Å². The van der Waals surface area contributed by atoms with Crippen LogP contribution in [0.15, 0.2) is 53.0 Å². The van der Waals surface area contributed by atoms with Gasteiger partial charge < -0.3 is 9.64 Å². The summed E-state index contributed by atoms with van der Waals surface area (Å²) in [6, 6.07) is 15.3. The van der Waals surface area contributed by atoms with Crippen LogP contribution >= 0.6 is 27.5 Å². The van der Waals surface area contributed by atoms with Crippen LogP contribution in [-0.2, 0) is 11.3 Å². The molecule has 132 valence electrons. The smallest absolute Gasteiger partial charge is 0.253 e. The van der Waals surface area contributed by atoms with E-state index in [1.54, 1.807) is 0 Å². The van der Waals surface area contributed by atoms with Gasteiger partial charge in [0.2, 0.25) is 0 Å². The first-order chi connectivity index (χ1) is 12.1. The van der Waals surface area contributed by atoms with E-state index in [1.165, 1.54) is 0 Å². The fourth-order valence-electron chi connectivity index (χ4n) is 3.03. The number of amides is 1. The van der Waals surface area contributed by atoms with Gasteiger partial charge in [-0.3, -0.25) is 4.79 Å². The summed E-state index contributed by atoms with van der Waals surface area (Å²) in [5.74, 6) is 0.626. The number of piperidine rings is 1. The van der Waals surface area contributed by atoms with Gasteiger partial charge in [-0.05, 0) is 54.7 Å². The van der Waals surface area contributed by atoms with Gasteiger partial charge in [-0.2, -0.15) is 0 Å². The van der Waals surface area contributed by atoms with E-state index in [9.17, 15) is 4.79 Å². The predicted octanol–water partition coefficient (Wildman–Crippen LogP) is 5.17. The first-order valence-corrected chi connectivity index (χ1v) is 9.66. The van der Waals surface area contributed by atoms with E-state index in [2.05, 4.69) is 15.9 Å². The summed E-state index contributed by atoms with van der Waals surface area (Å²) in [4.78, 5) is 14.5. The lowest BCUT2D eigenvalue weighted by atomic mass is 9.97. The van der Waals surface area contributed by atoms with Crippen LogP contribution in [0.25, 0.3) is 0 Å². The van der Waals surface area contributed by atoms with Crippen LogP contribution in [-0.4, -0.2) is 30.5 Å². The minimum atomic E-state index is 0.113. The molecule has 0 aromatic heterocycles. The number of likely N-dealkylation sites (tertiary alicyclic amines) is 1. The maximum Gasteiger partial charge on any atom is 0.253 e. The molecule has 1 amide bonds. The van der Waals surface area contributed by atoms with E-state index in [0.717, 1.165) is 53.2 Å². The lowest BCUT2D eigenvalue weighted by Crippen LogP contribution is -2.39. The summed E-state index contributed by atoms with van der Waals surface area (Å²) in [5.41, 5.74) is 1.87. The molecule has 3 nitrogen and oxygen atoms in total. The molecule has 1 aliphatic heterocycles. The van der Waals surface area contributed by atoms with Crippen molar-refractivity contribution in [3.05, 3.63) is 69.2 Å². The van der Waals surface area contributed by atoms with Crippen molar-refractivity contribution in [2.45, 2.75) is 19.4 Å². The molecule has 0 saturated carbocycles. The Bertz CT molecular complexity index is 712. The second-order valence-electron chi connectivity index (χ2n) is 6.39. The van der Waals surface area contributed by atoms with Crippen LogP contribution in [0, 0.1) is 5.92 Å². The monoisotopic (exact) mass is 421 g/mol. The Morgan fingerprint density at radius 1 is 1.16 bits per heavy atom. The van der Waals surface area contributed by atoms with Crippen molar-refractivity contribution in [3.8, 4) is 0 Å². The molecular weight excluding hydrogens is 402 g/mol.